The van der Waals surface area contributed by atoms with E-state index in [0.717, 1.165) is 22.4 Å². The number of para-hydroxylation sites is 1. The van der Waals surface area contributed by atoms with Crippen molar-refractivity contribution in [3.63, 3.8) is 0 Å². The van der Waals surface area contributed by atoms with E-state index in [9.17, 15) is 14.0 Å². The van der Waals surface area contributed by atoms with Gasteiger partial charge in [-0.15, -0.1) is 0 Å². The van der Waals surface area contributed by atoms with Gasteiger partial charge >= 0.3 is 0 Å². The van der Waals surface area contributed by atoms with E-state index < -0.39 is 6.10 Å². The first-order chi connectivity index (χ1) is 17.0. The van der Waals surface area contributed by atoms with E-state index >= 15 is 0 Å². The van der Waals surface area contributed by atoms with E-state index in [4.69, 9.17) is 9.47 Å². The van der Waals surface area contributed by atoms with Gasteiger partial charge in [0.25, 0.3) is 5.91 Å². The molecule has 2 amide bonds. The summed E-state index contributed by atoms with van der Waals surface area (Å²) < 4.78 is 24.6. The standard InChI is InChI=1S/C28H29FN2O4/c1-3-24-28(33)31(15-14-20-6-4-5-7-25(20)34-2)18-21-17-23(12-13-26(21)35-24)30-27(32)16-19-8-10-22(29)11-9-19/h4-13,17,24H,3,14-16,18H2,1-2H3,(H,30,32)/t24-/m0/s1. The topological polar surface area (TPSA) is 67.9 Å². The summed E-state index contributed by atoms with van der Waals surface area (Å²) in [6, 6.07) is 19.0. The molecule has 35 heavy (non-hydrogen) atoms. The van der Waals surface area contributed by atoms with Crippen molar-refractivity contribution in [2.75, 3.05) is 19.0 Å². The molecule has 0 radical (unpaired) electrons. The normalized spacial score (nSPS) is 15.1. The molecule has 3 aromatic rings. The maximum atomic E-state index is 13.2. The van der Waals surface area contributed by atoms with Gasteiger partial charge in [0.1, 0.15) is 17.3 Å². The van der Waals surface area contributed by atoms with Crippen molar-refractivity contribution in [2.45, 2.75) is 38.8 Å². The van der Waals surface area contributed by atoms with Crippen molar-refractivity contribution in [1.29, 1.82) is 0 Å². The molecule has 1 atom stereocenters. The summed E-state index contributed by atoms with van der Waals surface area (Å²) in [5, 5.41) is 2.89. The van der Waals surface area contributed by atoms with Gasteiger partial charge in [-0.25, -0.2) is 4.39 Å². The molecule has 1 heterocycles. The van der Waals surface area contributed by atoms with Crippen LogP contribution in [0.2, 0.25) is 0 Å². The summed E-state index contributed by atoms with van der Waals surface area (Å²) in [7, 11) is 1.64. The monoisotopic (exact) mass is 476 g/mol. The maximum absolute atomic E-state index is 13.2. The predicted octanol–water partition coefficient (Wildman–Crippen LogP) is 4.76. The summed E-state index contributed by atoms with van der Waals surface area (Å²) in [5.74, 6) is 0.836. The zero-order valence-electron chi connectivity index (χ0n) is 19.9. The van der Waals surface area contributed by atoms with Crippen LogP contribution in [-0.4, -0.2) is 36.5 Å². The van der Waals surface area contributed by atoms with E-state index in [1.165, 1.54) is 12.1 Å². The van der Waals surface area contributed by atoms with Gasteiger partial charge in [-0.3, -0.25) is 9.59 Å². The maximum Gasteiger partial charge on any atom is 0.263 e. The summed E-state index contributed by atoms with van der Waals surface area (Å²) in [4.78, 5) is 27.5. The Bertz CT molecular complexity index is 1200. The zero-order chi connectivity index (χ0) is 24.8. The van der Waals surface area contributed by atoms with Crippen LogP contribution in [0.4, 0.5) is 10.1 Å². The van der Waals surface area contributed by atoms with Crippen molar-refractivity contribution in [2.24, 2.45) is 0 Å². The number of hydrogen-bond acceptors (Lipinski definition) is 4. The highest BCUT2D eigenvalue weighted by Gasteiger charge is 2.30. The molecule has 0 aliphatic carbocycles. The third kappa shape index (κ3) is 5.98. The molecule has 0 bridgehead atoms. The number of carbonyl (C=O) groups is 2. The van der Waals surface area contributed by atoms with Crippen molar-refractivity contribution >= 4 is 17.5 Å². The van der Waals surface area contributed by atoms with E-state index in [2.05, 4.69) is 5.32 Å². The zero-order valence-corrected chi connectivity index (χ0v) is 19.9. The molecule has 0 saturated heterocycles. The number of ether oxygens (including phenoxy) is 2. The largest absolute Gasteiger partial charge is 0.496 e. The molecule has 182 valence electrons. The van der Waals surface area contributed by atoms with Crippen molar-refractivity contribution in [1.82, 2.24) is 4.90 Å². The summed E-state index contributed by atoms with van der Waals surface area (Å²) in [5.41, 5.74) is 3.20. The van der Waals surface area contributed by atoms with Gasteiger partial charge in [0.15, 0.2) is 6.10 Å². The van der Waals surface area contributed by atoms with Crippen LogP contribution in [0.15, 0.2) is 66.7 Å². The van der Waals surface area contributed by atoms with Gasteiger partial charge in [0, 0.05) is 24.3 Å². The lowest BCUT2D eigenvalue weighted by atomic mass is 10.1. The Labute approximate surface area is 204 Å². The number of halogens is 1. The second-order valence-corrected chi connectivity index (χ2v) is 8.51. The first-order valence-corrected chi connectivity index (χ1v) is 11.7. The fourth-order valence-corrected chi connectivity index (χ4v) is 4.19. The lowest BCUT2D eigenvalue weighted by Gasteiger charge is -2.23. The Morgan fingerprint density at radius 3 is 2.66 bits per heavy atom. The molecule has 0 unspecified atom stereocenters. The molecule has 4 rings (SSSR count). The van der Waals surface area contributed by atoms with E-state index in [0.29, 0.717) is 37.4 Å². The molecule has 0 spiro atoms. The molecule has 1 aliphatic rings. The minimum Gasteiger partial charge on any atom is -0.496 e. The number of nitrogens with zero attached hydrogens (tertiary/aromatic N) is 1. The smallest absolute Gasteiger partial charge is 0.263 e. The highest BCUT2D eigenvalue weighted by molar-refractivity contribution is 5.92. The second kappa shape index (κ2) is 11.0. The fraction of sp³-hybridized carbons (Fsp3) is 0.286. The van der Waals surface area contributed by atoms with Gasteiger partial charge in [0.2, 0.25) is 5.91 Å². The van der Waals surface area contributed by atoms with Gasteiger partial charge in [-0.1, -0.05) is 37.3 Å². The third-order valence-electron chi connectivity index (χ3n) is 6.05. The Morgan fingerprint density at radius 1 is 1.14 bits per heavy atom. The second-order valence-electron chi connectivity index (χ2n) is 8.51. The summed E-state index contributed by atoms with van der Waals surface area (Å²) in [6.45, 7) is 2.82. The number of carbonyl (C=O) groups excluding carboxylic acids is 2. The van der Waals surface area contributed by atoms with Crippen molar-refractivity contribution in [3.05, 3.63) is 89.2 Å². The number of hydrogen-bond donors (Lipinski definition) is 1. The summed E-state index contributed by atoms with van der Waals surface area (Å²) >= 11 is 0. The van der Waals surface area contributed by atoms with Crippen molar-refractivity contribution in [3.8, 4) is 11.5 Å². The fourth-order valence-electron chi connectivity index (χ4n) is 4.19. The first-order valence-electron chi connectivity index (χ1n) is 11.7. The van der Waals surface area contributed by atoms with Crippen LogP contribution in [-0.2, 0) is 29.0 Å². The molecule has 1 aliphatic heterocycles. The molecule has 3 aromatic carbocycles. The lowest BCUT2D eigenvalue weighted by Crippen LogP contribution is -2.40. The van der Waals surface area contributed by atoms with E-state index in [-0.39, 0.29) is 24.1 Å². The highest BCUT2D eigenvalue weighted by Crippen LogP contribution is 2.30. The van der Waals surface area contributed by atoms with Crippen LogP contribution >= 0.6 is 0 Å². The van der Waals surface area contributed by atoms with Crippen LogP contribution in [0.25, 0.3) is 0 Å². The van der Waals surface area contributed by atoms with E-state index in [1.807, 2.05) is 37.3 Å². The summed E-state index contributed by atoms with van der Waals surface area (Å²) in [6.07, 6.45) is 0.776. The molecule has 0 fully saturated rings. The van der Waals surface area contributed by atoms with Gasteiger partial charge < -0.3 is 19.7 Å². The highest BCUT2D eigenvalue weighted by atomic mass is 19.1. The quantitative estimate of drug-likeness (QED) is 0.509. The Morgan fingerprint density at radius 2 is 1.91 bits per heavy atom. The van der Waals surface area contributed by atoms with Gasteiger partial charge in [-0.05, 0) is 60.4 Å². The average Bonchev–Trinajstić information content (AvgIpc) is 3.00. The van der Waals surface area contributed by atoms with Crippen molar-refractivity contribution < 1.29 is 23.5 Å². The molecule has 7 heteroatoms. The van der Waals surface area contributed by atoms with Crippen LogP contribution in [0, 0.1) is 5.82 Å². The number of nitrogens with one attached hydrogen (secondary N) is 1. The average molecular weight is 477 g/mol. The van der Waals surface area contributed by atoms with Crippen LogP contribution in [0.5, 0.6) is 11.5 Å². The Kier molecular flexibility index (Phi) is 7.65. The van der Waals surface area contributed by atoms with Crippen LogP contribution in [0.1, 0.15) is 30.0 Å². The van der Waals surface area contributed by atoms with Crippen LogP contribution in [0.3, 0.4) is 0 Å². The number of amides is 2. The molecule has 0 saturated carbocycles. The van der Waals surface area contributed by atoms with Gasteiger partial charge in [-0.2, -0.15) is 0 Å². The molecular formula is C28H29FN2O4. The number of rotatable bonds is 8. The predicted molar refractivity (Wildman–Crippen MR) is 132 cm³/mol. The SMILES string of the molecule is CC[C@@H]1Oc2ccc(NC(=O)Cc3ccc(F)cc3)cc2CN(CCc2ccccc2OC)C1=O. The number of benzene rings is 3. The molecule has 0 aromatic heterocycles. The number of fused-ring (bicyclic) bond motifs is 1. The number of methoxy groups -OCH3 is 1. The molecule has 1 N–H and O–H groups in total. The first kappa shape index (κ1) is 24.3. The van der Waals surface area contributed by atoms with Crippen LogP contribution < -0.4 is 14.8 Å². The molecule has 6 nitrogen and oxygen atoms in total. The number of anilines is 1. The lowest BCUT2D eigenvalue weighted by molar-refractivity contribution is -0.138. The Hall–Kier alpha value is -3.87. The molecular weight excluding hydrogens is 447 g/mol. The van der Waals surface area contributed by atoms with Gasteiger partial charge in [0.05, 0.1) is 13.5 Å². The van der Waals surface area contributed by atoms with E-state index in [1.54, 1.807) is 36.3 Å². The minimum absolute atomic E-state index is 0.0551. The third-order valence-corrected chi connectivity index (χ3v) is 6.05. The minimum atomic E-state index is -0.562. The Balaban J connectivity index is 1.49.